The van der Waals surface area contributed by atoms with Crippen molar-refractivity contribution in [2.24, 2.45) is 0 Å². The second-order valence-corrected chi connectivity index (χ2v) is 8.45. The van der Waals surface area contributed by atoms with Gasteiger partial charge in [-0.25, -0.2) is 0 Å². The first-order valence-electron chi connectivity index (χ1n) is 9.11. The Hall–Kier alpha value is -2.71. The number of rotatable bonds is 7. The molecule has 0 saturated heterocycles. The molecule has 3 aromatic carbocycles. The molecule has 0 fully saturated rings. The van der Waals surface area contributed by atoms with E-state index >= 15 is 0 Å². The van der Waals surface area contributed by atoms with Crippen LogP contribution in [0.15, 0.2) is 77.7 Å². The van der Waals surface area contributed by atoms with Crippen molar-refractivity contribution < 1.29 is 17.9 Å². The van der Waals surface area contributed by atoms with E-state index in [-0.39, 0.29) is 16.7 Å². The Kier molecular flexibility index (Phi) is 6.15. The summed E-state index contributed by atoms with van der Waals surface area (Å²) in [4.78, 5) is 0.172. The molecular weight excluding hydrogens is 429 g/mol. The summed E-state index contributed by atoms with van der Waals surface area (Å²) in [6.45, 7) is 0.944. The van der Waals surface area contributed by atoms with Gasteiger partial charge in [0.25, 0.3) is 0 Å². The average Bonchev–Trinajstić information content (AvgIpc) is 3.14. The lowest BCUT2D eigenvalue weighted by Gasteiger charge is -2.08. The van der Waals surface area contributed by atoms with Crippen LogP contribution in [0.25, 0.3) is 10.1 Å². The molecule has 4 rings (SSSR count). The van der Waals surface area contributed by atoms with Crippen molar-refractivity contribution in [3.05, 3.63) is 83.9 Å². The third-order valence-corrected chi connectivity index (χ3v) is 5.87. The van der Waals surface area contributed by atoms with Crippen LogP contribution in [0.5, 0.6) is 5.75 Å². The summed E-state index contributed by atoms with van der Waals surface area (Å²) in [5.74, 6) is 1.48. The fraction of sp³-hybridized carbons (Fsp3) is 0.136. The van der Waals surface area contributed by atoms with Gasteiger partial charge >= 0.3 is 5.51 Å². The Bertz CT molecular complexity index is 1110. The van der Waals surface area contributed by atoms with E-state index in [1.165, 1.54) is 23.7 Å². The Morgan fingerprint density at radius 2 is 1.70 bits per heavy atom. The van der Waals surface area contributed by atoms with Crippen LogP contribution in [0, 0.1) is 0 Å². The second-order valence-electron chi connectivity index (χ2n) is 6.51. The Labute approximate surface area is 180 Å². The highest BCUT2D eigenvalue weighted by molar-refractivity contribution is 8.00. The maximum Gasteiger partial charge on any atom is 0.446 e. The fourth-order valence-corrected chi connectivity index (χ4v) is 4.15. The standard InChI is InChI=1S/C22H17F3N2OS2/c23-22(24,25)29-18-9-6-15(7-10-18)13-26-21-19-12-17(8-11-20(19)30-27-21)28-14-16-4-2-1-3-5-16/h1-12H,13-14H2,(H,26,27). The van der Waals surface area contributed by atoms with Crippen LogP contribution in [-0.2, 0) is 13.2 Å². The lowest BCUT2D eigenvalue weighted by molar-refractivity contribution is -0.0328. The fourth-order valence-electron chi connectivity index (χ4n) is 2.87. The summed E-state index contributed by atoms with van der Waals surface area (Å²) in [6, 6.07) is 22.1. The first-order chi connectivity index (χ1) is 14.5. The van der Waals surface area contributed by atoms with Gasteiger partial charge < -0.3 is 10.1 Å². The van der Waals surface area contributed by atoms with Gasteiger partial charge in [-0.2, -0.15) is 17.5 Å². The zero-order valence-electron chi connectivity index (χ0n) is 15.6. The number of aromatic nitrogens is 1. The highest BCUT2D eigenvalue weighted by Crippen LogP contribution is 2.37. The number of nitrogens with zero attached hydrogens (tertiary/aromatic N) is 1. The molecule has 1 heterocycles. The molecule has 1 N–H and O–H groups in total. The number of fused-ring (bicyclic) bond motifs is 1. The molecule has 0 unspecified atom stereocenters. The number of thioether (sulfide) groups is 1. The smallest absolute Gasteiger partial charge is 0.446 e. The second kappa shape index (κ2) is 8.97. The highest BCUT2D eigenvalue weighted by atomic mass is 32.2. The van der Waals surface area contributed by atoms with Gasteiger partial charge in [-0.1, -0.05) is 42.5 Å². The molecule has 0 spiro atoms. The van der Waals surface area contributed by atoms with Crippen LogP contribution in [0.2, 0.25) is 0 Å². The summed E-state index contributed by atoms with van der Waals surface area (Å²) in [5.41, 5.74) is -2.31. The number of benzene rings is 3. The van der Waals surface area contributed by atoms with E-state index in [9.17, 15) is 13.2 Å². The average molecular weight is 447 g/mol. The number of nitrogens with one attached hydrogen (secondary N) is 1. The molecule has 0 amide bonds. The number of hydrogen-bond acceptors (Lipinski definition) is 5. The van der Waals surface area contributed by atoms with Crippen LogP contribution >= 0.6 is 23.3 Å². The van der Waals surface area contributed by atoms with E-state index < -0.39 is 5.51 Å². The summed E-state index contributed by atoms with van der Waals surface area (Å²) < 4.78 is 48.7. The van der Waals surface area contributed by atoms with E-state index in [0.29, 0.717) is 13.2 Å². The van der Waals surface area contributed by atoms with E-state index in [2.05, 4.69) is 9.69 Å². The largest absolute Gasteiger partial charge is 0.489 e. The minimum absolute atomic E-state index is 0.113. The van der Waals surface area contributed by atoms with Crippen LogP contribution < -0.4 is 10.1 Å². The van der Waals surface area contributed by atoms with Gasteiger partial charge in [-0.15, -0.1) is 0 Å². The molecule has 0 aliphatic rings. The summed E-state index contributed by atoms with van der Waals surface area (Å²) in [5, 5.41) is 4.22. The Balaban J connectivity index is 1.41. The quantitative estimate of drug-likeness (QED) is 0.307. The van der Waals surface area contributed by atoms with Gasteiger partial charge in [0.2, 0.25) is 0 Å². The van der Waals surface area contributed by atoms with E-state index in [4.69, 9.17) is 4.74 Å². The normalized spacial score (nSPS) is 11.6. The van der Waals surface area contributed by atoms with Crippen molar-refractivity contribution in [3.63, 3.8) is 0 Å². The monoisotopic (exact) mass is 446 g/mol. The van der Waals surface area contributed by atoms with E-state index in [1.807, 2.05) is 48.5 Å². The van der Waals surface area contributed by atoms with Gasteiger partial charge in [0.05, 0.1) is 4.70 Å². The highest BCUT2D eigenvalue weighted by Gasteiger charge is 2.28. The predicted molar refractivity (Wildman–Crippen MR) is 116 cm³/mol. The van der Waals surface area contributed by atoms with Crippen molar-refractivity contribution in [1.29, 1.82) is 0 Å². The Morgan fingerprint density at radius 3 is 2.43 bits per heavy atom. The Morgan fingerprint density at radius 1 is 0.933 bits per heavy atom. The molecule has 154 valence electrons. The van der Waals surface area contributed by atoms with Crippen molar-refractivity contribution in [2.45, 2.75) is 23.6 Å². The number of anilines is 1. The molecule has 1 aromatic heterocycles. The molecule has 3 nitrogen and oxygen atoms in total. The number of alkyl halides is 3. The molecule has 0 bridgehead atoms. The number of hydrogen-bond donors (Lipinski definition) is 1. The third kappa shape index (κ3) is 5.46. The van der Waals surface area contributed by atoms with Crippen molar-refractivity contribution >= 4 is 39.2 Å². The SMILES string of the molecule is FC(F)(F)Sc1ccc(CNc2nsc3ccc(OCc4ccccc4)cc23)cc1. The molecule has 4 aromatic rings. The zero-order chi connectivity index (χ0) is 21.0. The minimum atomic E-state index is -4.28. The first-order valence-corrected chi connectivity index (χ1v) is 10.7. The molecule has 0 saturated carbocycles. The van der Waals surface area contributed by atoms with Gasteiger partial charge in [0.1, 0.15) is 18.2 Å². The van der Waals surface area contributed by atoms with Crippen molar-refractivity contribution in [1.82, 2.24) is 4.37 Å². The number of halogens is 3. The van der Waals surface area contributed by atoms with Gasteiger partial charge in [0.15, 0.2) is 0 Å². The lowest BCUT2D eigenvalue weighted by Crippen LogP contribution is -2.01. The van der Waals surface area contributed by atoms with Gasteiger partial charge in [0, 0.05) is 16.8 Å². The van der Waals surface area contributed by atoms with E-state index in [1.54, 1.807) is 12.1 Å². The summed E-state index contributed by atoms with van der Waals surface area (Å²) in [6.07, 6.45) is 0. The molecular formula is C22H17F3N2OS2. The van der Waals surface area contributed by atoms with Gasteiger partial charge in [-0.05, 0) is 64.8 Å². The third-order valence-electron chi connectivity index (χ3n) is 4.31. The zero-order valence-corrected chi connectivity index (χ0v) is 17.3. The van der Waals surface area contributed by atoms with Crippen LogP contribution in [0.3, 0.4) is 0 Å². The molecule has 0 atom stereocenters. The summed E-state index contributed by atoms with van der Waals surface area (Å²) >= 11 is 1.27. The maximum atomic E-state index is 12.4. The lowest BCUT2D eigenvalue weighted by atomic mass is 10.2. The van der Waals surface area contributed by atoms with Crippen molar-refractivity contribution in [2.75, 3.05) is 5.32 Å². The van der Waals surface area contributed by atoms with Crippen molar-refractivity contribution in [3.8, 4) is 5.75 Å². The molecule has 0 radical (unpaired) electrons. The molecule has 8 heteroatoms. The minimum Gasteiger partial charge on any atom is -0.489 e. The predicted octanol–water partition coefficient (Wildman–Crippen LogP) is 7.10. The first kappa shape index (κ1) is 20.6. The number of ether oxygens (including phenoxy) is 1. The topological polar surface area (TPSA) is 34.2 Å². The molecule has 0 aliphatic carbocycles. The van der Waals surface area contributed by atoms with Crippen LogP contribution in [-0.4, -0.2) is 9.88 Å². The summed E-state index contributed by atoms with van der Waals surface area (Å²) in [7, 11) is 0. The van der Waals surface area contributed by atoms with Crippen LogP contribution in [0.4, 0.5) is 19.0 Å². The maximum absolute atomic E-state index is 12.4. The van der Waals surface area contributed by atoms with E-state index in [0.717, 1.165) is 32.8 Å². The molecule has 0 aliphatic heterocycles. The van der Waals surface area contributed by atoms with Crippen LogP contribution in [0.1, 0.15) is 11.1 Å². The molecule has 30 heavy (non-hydrogen) atoms. The van der Waals surface area contributed by atoms with Gasteiger partial charge in [-0.3, -0.25) is 0 Å².